The highest BCUT2D eigenvalue weighted by Gasteiger charge is 2.34. The van der Waals surface area contributed by atoms with Crippen LogP contribution in [0, 0.1) is 0 Å². The number of amides is 1. The van der Waals surface area contributed by atoms with Crippen LogP contribution in [0.4, 0.5) is 19.1 Å². The van der Waals surface area contributed by atoms with E-state index in [1.807, 2.05) is 35.8 Å². The van der Waals surface area contributed by atoms with Gasteiger partial charge in [0.1, 0.15) is 0 Å². The molecule has 2 heterocycles. The molecule has 0 saturated heterocycles. The molecule has 0 saturated carbocycles. The Labute approximate surface area is 169 Å². The maximum atomic E-state index is 13.3. The number of imidazole rings is 1. The van der Waals surface area contributed by atoms with E-state index in [0.29, 0.717) is 12.5 Å². The fourth-order valence-electron chi connectivity index (χ4n) is 3.19. The van der Waals surface area contributed by atoms with Crippen LogP contribution in [0.2, 0.25) is 0 Å². The fourth-order valence-corrected chi connectivity index (χ4v) is 3.19. The van der Waals surface area contributed by atoms with Gasteiger partial charge >= 0.3 is 6.18 Å². The van der Waals surface area contributed by atoms with Crippen molar-refractivity contribution in [1.82, 2.24) is 24.5 Å². The van der Waals surface area contributed by atoms with E-state index in [-0.39, 0.29) is 11.4 Å². The lowest BCUT2D eigenvalue weighted by Crippen LogP contribution is -2.16. The summed E-state index contributed by atoms with van der Waals surface area (Å²) >= 11 is 0. The van der Waals surface area contributed by atoms with E-state index < -0.39 is 17.6 Å². The highest BCUT2D eigenvalue weighted by molar-refractivity contribution is 6.02. The van der Waals surface area contributed by atoms with Gasteiger partial charge in [0.2, 0.25) is 5.95 Å². The maximum absolute atomic E-state index is 13.3. The van der Waals surface area contributed by atoms with Gasteiger partial charge in [-0.2, -0.15) is 13.2 Å². The van der Waals surface area contributed by atoms with E-state index in [9.17, 15) is 18.0 Å². The van der Waals surface area contributed by atoms with E-state index in [4.69, 9.17) is 0 Å². The van der Waals surface area contributed by atoms with Gasteiger partial charge in [-0.3, -0.25) is 10.1 Å². The first-order chi connectivity index (χ1) is 14.4. The van der Waals surface area contributed by atoms with Crippen molar-refractivity contribution in [1.29, 1.82) is 0 Å². The lowest BCUT2D eigenvalue weighted by atomic mass is 10.1. The first-order valence-corrected chi connectivity index (χ1v) is 9.24. The second-order valence-corrected chi connectivity index (χ2v) is 6.59. The summed E-state index contributed by atoms with van der Waals surface area (Å²) < 4.78 is 42.6. The number of hydrogen-bond donors (Lipinski definition) is 1. The number of aryl methyl sites for hydroxylation is 1. The number of benzene rings is 2. The Morgan fingerprint density at radius 2 is 1.83 bits per heavy atom. The number of para-hydroxylation sites is 3. The van der Waals surface area contributed by atoms with E-state index in [1.54, 1.807) is 0 Å². The van der Waals surface area contributed by atoms with Gasteiger partial charge in [-0.1, -0.05) is 36.4 Å². The van der Waals surface area contributed by atoms with Crippen molar-refractivity contribution in [3.05, 3.63) is 66.0 Å². The summed E-state index contributed by atoms with van der Waals surface area (Å²) in [6, 6.07) is 12.4. The number of fused-ring (bicyclic) bond motifs is 1. The zero-order chi connectivity index (χ0) is 21.3. The van der Waals surface area contributed by atoms with Crippen LogP contribution in [0.25, 0.3) is 16.7 Å². The van der Waals surface area contributed by atoms with Crippen molar-refractivity contribution in [3.63, 3.8) is 0 Å². The van der Waals surface area contributed by atoms with Crippen molar-refractivity contribution < 1.29 is 18.0 Å². The van der Waals surface area contributed by atoms with Crippen LogP contribution in [0.1, 0.15) is 29.4 Å². The Balaban J connectivity index is 1.64. The van der Waals surface area contributed by atoms with E-state index >= 15 is 0 Å². The Hall–Kier alpha value is -3.69. The molecule has 4 rings (SSSR count). The third kappa shape index (κ3) is 3.63. The Morgan fingerprint density at radius 3 is 2.60 bits per heavy atom. The van der Waals surface area contributed by atoms with Crippen LogP contribution in [-0.4, -0.2) is 30.5 Å². The molecule has 0 aliphatic rings. The third-order valence-corrected chi connectivity index (χ3v) is 4.51. The summed E-state index contributed by atoms with van der Waals surface area (Å²) in [6.45, 7) is 2.64. The quantitative estimate of drug-likeness (QED) is 0.528. The van der Waals surface area contributed by atoms with Crippen molar-refractivity contribution in [2.45, 2.75) is 26.1 Å². The second-order valence-electron chi connectivity index (χ2n) is 6.59. The van der Waals surface area contributed by atoms with E-state index in [1.165, 1.54) is 18.2 Å². The van der Waals surface area contributed by atoms with Crippen LogP contribution in [0.3, 0.4) is 0 Å². The minimum Gasteiger partial charge on any atom is -0.310 e. The third-order valence-electron chi connectivity index (χ3n) is 4.51. The van der Waals surface area contributed by atoms with Crippen LogP contribution >= 0.6 is 0 Å². The molecule has 0 aliphatic heterocycles. The zero-order valence-corrected chi connectivity index (χ0v) is 15.9. The highest BCUT2D eigenvalue weighted by atomic mass is 19.4. The number of nitrogens with zero attached hydrogens (tertiary/aromatic N) is 5. The number of nitrogens with one attached hydrogen (secondary N) is 1. The smallest absolute Gasteiger partial charge is 0.310 e. The molecule has 2 aromatic heterocycles. The normalized spacial score (nSPS) is 11.7. The SMILES string of the molecule is CCCn1c(NC(=O)c2cn(-c3ccccc3C(F)(F)F)nn2)nc2ccccc21. The van der Waals surface area contributed by atoms with E-state index in [0.717, 1.165) is 34.4 Å². The molecule has 0 atom stereocenters. The van der Waals surface area contributed by atoms with Crippen LogP contribution in [0.15, 0.2) is 54.7 Å². The number of rotatable bonds is 5. The van der Waals surface area contributed by atoms with E-state index in [2.05, 4.69) is 20.6 Å². The average molecular weight is 414 g/mol. The molecular weight excluding hydrogens is 397 g/mol. The average Bonchev–Trinajstić information content (AvgIpc) is 3.34. The molecule has 0 unspecified atom stereocenters. The number of anilines is 1. The monoisotopic (exact) mass is 414 g/mol. The summed E-state index contributed by atoms with van der Waals surface area (Å²) in [6.07, 6.45) is -2.57. The predicted molar refractivity (Wildman–Crippen MR) is 104 cm³/mol. The van der Waals surface area contributed by atoms with Gasteiger partial charge < -0.3 is 4.57 Å². The molecule has 0 bridgehead atoms. The number of halogens is 3. The summed E-state index contributed by atoms with van der Waals surface area (Å²) in [4.78, 5) is 17.1. The summed E-state index contributed by atoms with van der Waals surface area (Å²) in [5.41, 5.74) is 0.393. The minimum absolute atomic E-state index is 0.123. The molecule has 4 aromatic rings. The van der Waals surface area contributed by atoms with Crippen LogP contribution < -0.4 is 5.32 Å². The van der Waals surface area contributed by atoms with Crippen molar-refractivity contribution in [2.24, 2.45) is 0 Å². The maximum Gasteiger partial charge on any atom is 0.418 e. The minimum atomic E-state index is -4.56. The first-order valence-electron chi connectivity index (χ1n) is 9.24. The van der Waals surface area contributed by atoms with Crippen molar-refractivity contribution in [3.8, 4) is 5.69 Å². The molecule has 2 aromatic carbocycles. The number of carbonyl (C=O) groups is 1. The standard InChI is InChI=1S/C20H17F3N6O/c1-2-11-28-17-10-6-4-8-14(17)24-19(28)25-18(30)15-12-29(27-26-15)16-9-5-3-7-13(16)20(21,22)23/h3-10,12H,2,11H2,1H3,(H,24,25,30). The molecule has 1 N–H and O–H groups in total. The van der Waals surface area contributed by atoms with Gasteiger partial charge in [0, 0.05) is 6.54 Å². The largest absolute Gasteiger partial charge is 0.418 e. The molecule has 1 amide bonds. The Morgan fingerprint density at radius 1 is 1.10 bits per heavy atom. The zero-order valence-electron chi connectivity index (χ0n) is 15.9. The van der Waals surface area contributed by atoms with Crippen LogP contribution in [0.5, 0.6) is 0 Å². The van der Waals surface area contributed by atoms with Crippen LogP contribution in [-0.2, 0) is 12.7 Å². The van der Waals surface area contributed by atoms with Gasteiger partial charge in [-0.25, -0.2) is 9.67 Å². The molecular formula is C20H17F3N6O. The Kier molecular flexibility index (Phi) is 4.98. The molecule has 30 heavy (non-hydrogen) atoms. The molecule has 0 fully saturated rings. The second kappa shape index (κ2) is 7.62. The summed E-state index contributed by atoms with van der Waals surface area (Å²) in [7, 11) is 0. The molecule has 10 heteroatoms. The summed E-state index contributed by atoms with van der Waals surface area (Å²) in [5.74, 6) is -0.272. The van der Waals surface area contributed by atoms with Crippen molar-refractivity contribution >= 4 is 22.9 Å². The molecule has 7 nitrogen and oxygen atoms in total. The van der Waals surface area contributed by atoms with Gasteiger partial charge in [-0.05, 0) is 30.7 Å². The van der Waals surface area contributed by atoms with Gasteiger partial charge in [0.05, 0.1) is 28.5 Å². The molecule has 0 aliphatic carbocycles. The number of hydrogen-bond acceptors (Lipinski definition) is 4. The lowest BCUT2D eigenvalue weighted by Gasteiger charge is -2.11. The van der Waals surface area contributed by atoms with Gasteiger partial charge in [0.25, 0.3) is 5.91 Å². The number of aromatic nitrogens is 5. The highest BCUT2D eigenvalue weighted by Crippen LogP contribution is 2.33. The molecule has 0 spiro atoms. The predicted octanol–water partition coefficient (Wildman–Crippen LogP) is 4.30. The number of alkyl halides is 3. The number of carbonyl (C=O) groups excluding carboxylic acids is 1. The Bertz CT molecular complexity index is 1210. The first kappa shape index (κ1) is 19.6. The summed E-state index contributed by atoms with van der Waals surface area (Å²) in [5, 5.41) is 10.1. The van der Waals surface area contributed by atoms with Gasteiger partial charge in [0.15, 0.2) is 5.69 Å². The lowest BCUT2D eigenvalue weighted by molar-refractivity contribution is -0.137. The van der Waals surface area contributed by atoms with Gasteiger partial charge in [-0.15, -0.1) is 5.10 Å². The molecule has 154 valence electrons. The molecule has 0 radical (unpaired) electrons. The van der Waals surface area contributed by atoms with Crippen molar-refractivity contribution in [2.75, 3.05) is 5.32 Å². The fraction of sp³-hybridized carbons (Fsp3) is 0.200. The topological polar surface area (TPSA) is 77.6 Å².